The van der Waals surface area contributed by atoms with Gasteiger partial charge in [0.25, 0.3) is 0 Å². The van der Waals surface area contributed by atoms with Gasteiger partial charge in [0.2, 0.25) is 11.8 Å². The van der Waals surface area contributed by atoms with E-state index in [4.69, 9.17) is 4.74 Å². The fourth-order valence-electron chi connectivity index (χ4n) is 2.24. The predicted molar refractivity (Wildman–Crippen MR) is 69.1 cm³/mol. The molecule has 1 heterocycles. The van der Waals surface area contributed by atoms with Crippen molar-refractivity contribution in [2.75, 3.05) is 13.7 Å². The topological polar surface area (TPSA) is 58.6 Å². The lowest BCUT2D eigenvalue weighted by molar-refractivity contribution is -0.141. The zero-order valence-electron chi connectivity index (χ0n) is 11.7. The third-order valence-corrected chi connectivity index (χ3v) is 3.54. The molecule has 5 nitrogen and oxygen atoms in total. The number of imide groups is 1. The summed E-state index contributed by atoms with van der Waals surface area (Å²) in [6.45, 7) is 6.51. The molecule has 2 atom stereocenters. The lowest BCUT2D eigenvalue weighted by Gasteiger charge is -2.24. The highest BCUT2D eigenvalue weighted by Gasteiger charge is 2.41. The minimum atomic E-state index is -0.379. The van der Waals surface area contributed by atoms with Gasteiger partial charge in [0.05, 0.1) is 18.6 Å². The molecular formula is C13H24N2O3. The maximum absolute atomic E-state index is 12.2. The fraction of sp³-hybridized carbons (Fsp3) is 0.846. The summed E-state index contributed by atoms with van der Waals surface area (Å²) in [5, 5.41) is 3.11. The molecule has 0 aromatic carbocycles. The van der Waals surface area contributed by atoms with E-state index in [0.29, 0.717) is 6.54 Å². The second-order valence-corrected chi connectivity index (χ2v) is 4.78. The number of carbonyl (C=O) groups excluding carboxylic acids is 2. The van der Waals surface area contributed by atoms with Crippen molar-refractivity contribution in [3.63, 3.8) is 0 Å². The number of nitrogens with zero attached hydrogens (tertiary/aromatic N) is 1. The molecule has 2 unspecified atom stereocenters. The molecule has 1 N–H and O–H groups in total. The van der Waals surface area contributed by atoms with E-state index in [1.807, 2.05) is 20.8 Å². The second-order valence-electron chi connectivity index (χ2n) is 4.78. The van der Waals surface area contributed by atoms with Gasteiger partial charge in [-0.1, -0.05) is 13.8 Å². The lowest BCUT2D eigenvalue weighted by atomic mass is 10.1. The van der Waals surface area contributed by atoms with Crippen LogP contribution in [-0.4, -0.2) is 48.6 Å². The SMILES string of the molecule is CCC(CC)N1C(=O)CC(NCC(C)OC)C1=O. The summed E-state index contributed by atoms with van der Waals surface area (Å²) in [6.07, 6.45) is 1.94. The van der Waals surface area contributed by atoms with Crippen LogP contribution in [0.3, 0.4) is 0 Å². The minimum Gasteiger partial charge on any atom is -0.380 e. The molecule has 2 amide bonds. The Kier molecular flexibility index (Phi) is 5.75. The highest BCUT2D eigenvalue weighted by atomic mass is 16.5. The van der Waals surface area contributed by atoms with Gasteiger partial charge in [0.1, 0.15) is 0 Å². The summed E-state index contributed by atoms with van der Waals surface area (Å²) < 4.78 is 5.12. The Bertz CT molecular complexity index is 303. The van der Waals surface area contributed by atoms with Crippen LogP contribution < -0.4 is 5.32 Å². The minimum absolute atomic E-state index is 0.0371. The first kappa shape index (κ1) is 15.1. The lowest BCUT2D eigenvalue weighted by Crippen LogP contribution is -2.45. The zero-order valence-corrected chi connectivity index (χ0v) is 11.7. The number of hydrogen-bond acceptors (Lipinski definition) is 4. The van der Waals surface area contributed by atoms with Crippen molar-refractivity contribution in [3.8, 4) is 0 Å². The molecular weight excluding hydrogens is 232 g/mol. The fourth-order valence-corrected chi connectivity index (χ4v) is 2.24. The Balaban J connectivity index is 2.60. The first-order valence-electron chi connectivity index (χ1n) is 6.67. The van der Waals surface area contributed by atoms with Crippen LogP contribution in [0.4, 0.5) is 0 Å². The molecule has 1 saturated heterocycles. The Morgan fingerprint density at radius 1 is 1.39 bits per heavy atom. The Labute approximate surface area is 109 Å². The van der Waals surface area contributed by atoms with E-state index in [1.54, 1.807) is 7.11 Å². The number of rotatable bonds is 7. The van der Waals surface area contributed by atoms with Crippen molar-refractivity contribution in [1.82, 2.24) is 10.2 Å². The molecule has 0 spiro atoms. The number of methoxy groups -OCH3 is 1. The number of hydrogen-bond donors (Lipinski definition) is 1. The van der Waals surface area contributed by atoms with Crippen LogP contribution in [0.2, 0.25) is 0 Å². The van der Waals surface area contributed by atoms with E-state index in [2.05, 4.69) is 5.32 Å². The maximum atomic E-state index is 12.2. The molecule has 0 aromatic rings. The van der Waals surface area contributed by atoms with Gasteiger partial charge in [-0.3, -0.25) is 14.5 Å². The zero-order chi connectivity index (χ0) is 13.7. The molecule has 0 aliphatic carbocycles. The van der Waals surface area contributed by atoms with Crippen molar-refractivity contribution in [1.29, 1.82) is 0 Å². The van der Waals surface area contributed by atoms with Crippen molar-refractivity contribution >= 4 is 11.8 Å². The molecule has 0 saturated carbocycles. The molecule has 104 valence electrons. The summed E-state index contributed by atoms with van der Waals surface area (Å²) in [4.78, 5) is 25.5. The van der Waals surface area contributed by atoms with Crippen LogP contribution in [0, 0.1) is 0 Å². The van der Waals surface area contributed by atoms with Crippen molar-refractivity contribution in [3.05, 3.63) is 0 Å². The molecule has 0 aromatic heterocycles. The van der Waals surface area contributed by atoms with Gasteiger partial charge in [-0.15, -0.1) is 0 Å². The highest BCUT2D eigenvalue weighted by molar-refractivity contribution is 6.05. The molecule has 18 heavy (non-hydrogen) atoms. The molecule has 1 aliphatic heterocycles. The van der Waals surface area contributed by atoms with E-state index in [9.17, 15) is 9.59 Å². The first-order valence-corrected chi connectivity index (χ1v) is 6.67. The molecule has 0 bridgehead atoms. The van der Waals surface area contributed by atoms with Gasteiger partial charge in [-0.25, -0.2) is 0 Å². The predicted octanol–water partition coefficient (Wildman–Crippen LogP) is 0.927. The first-order chi connectivity index (χ1) is 8.54. The maximum Gasteiger partial charge on any atom is 0.247 e. The summed E-state index contributed by atoms with van der Waals surface area (Å²) >= 11 is 0. The quantitative estimate of drug-likeness (QED) is 0.688. The van der Waals surface area contributed by atoms with Gasteiger partial charge < -0.3 is 10.1 Å². The number of likely N-dealkylation sites (tertiary alicyclic amines) is 1. The van der Waals surface area contributed by atoms with Gasteiger partial charge in [-0.2, -0.15) is 0 Å². The van der Waals surface area contributed by atoms with Gasteiger partial charge in [0.15, 0.2) is 0 Å². The number of carbonyl (C=O) groups is 2. The van der Waals surface area contributed by atoms with Crippen LogP contribution in [0.5, 0.6) is 0 Å². The molecule has 5 heteroatoms. The van der Waals surface area contributed by atoms with Crippen molar-refractivity contribution < 1.29 is 14.3 Å². The summed E-state index contributed by atoms with van der Waals surface area (Å²) in [5.74, 6) is -0.145. The second kappa shape index (κ2) is 6.85. The van der Waals surface area contributed by atoms with E-state index in [-0.39, 0.29) is 36.4 Å². The van der Waals surface area contributed by atoms with E-state index < -0.39 is 0 Å². The third-order valence-electron chi connectivity index (χ3n) is 3.54. The van der Waals surface area contributed by atoms with Crippen LogP contribution in [0.15, 0.2) is 0 Å². The Hall–Kier alpha value is -0.940. The van der Waals surface area contributed by atoms with Gasteiger partial charge in [-0.05, 0) is 19.8 Å². The summed E-state index contributed by atoms with van der Waals surface area (Å²) in [5.41, 5.74) is 0. The van der Waals surface area contributed by atoms with E-state index in [1.165, 1.54) is 4.90 Å². The summed E-state index contributed by atoms with van der Waals surface area (Å²) in [6, 6.07) is -0.340. The number of ether oxygens (including phenoxy) is 1. The normalized spacial score (nSPS) is 22.1. The number of nitrogens with one attached hydrogen (secondary N) is 1. The Morgan fingerprint density at radius 2 is 2.00 bits per heavy atom. The smallest absolute Gasteiger partial charge is 0.247 e. The highest BCUT2D eigenvalue weighted by Crippen LogP contribution is 2.20. The van der Waals surface area contributed by atoms with Crippen LogP contribution in [-0.2, 0) is 14.3 Å². The van der Waals surface area contributed by atoms with Crippen molar-refractivity contribution in [2.45, 2.75) is 58.2 Å². The largest absolute Gasteiger partial charge is 0.380 e. The van der Waals surface area contributed by atoms with E-state index >= 15 is 0 Å². The van der Waals surface area contributed by atoms with Crippen molar-refractivity contribution in [2.24, 2.45) is 0 Å². The molecule has 1 rings (SSSR count). The molecule has 1 fully saturated rings. The Morgan fingerprint density at radius 3 is 2.50 bits per heavy atom. The molecule has 1 aliphatic rings. The monoisotopic (exact) mass is 256 g/mol. The third kappa shape index (κ3) is 3.29. The van der Waals surface area contributed by atoms with Crippen LogP contribution in [0.1, 0.15) is 40.0 Å². The van der Waals surface area contributed by atoms with Crippen LogP contribution in [0.25, 0.3) is 0 Å². The van der Waals surface area contributed by atoms with Gasteiger partial charge in [0, 0.05) is 19.7 Å². The number of amides is 2. The standard InChI is InChI=1S/C13H24N2O3/c1-5-10(6-2)15-12(16)7-11(13(15)17)14-8-9(3)18-4/h9-11,14H,5-8H2,1-4H3. The average molecular weight is 256 g/mol. The average Bonchev–Trinajstić information content (AvgIpc) is 2.65. The summed E-state index contributed by atoms with van der Waals surface area (Å²) in [7, 11) is 1.63. The van der Waals surface area contributed by atoms with E-state index in [0.717, 1.165) is 12.8 Å². The van der Waals surface area contributed by atoms with Crippen LogP contribution >= 0.6 is 0 Å². The van der Waals surface area contributed by atoms with Gasteiger partial charge >= 0.3 is 0 Å². The molecule has 0 radical (unpaired) electrons.